The molecule has 0 unspecified atom stereocenters. The second-order valence-corrected chi connectivity index (χ2v) is 16.9. The lowest BCUT2D eigenvalue weighted by Crippen LogP contribution is -2.51. The summed E-state index contributed by atoms with van der Waals surface area (Å²) in [5.74, 6) is 5.10. The van der Waals surface area contributed by atoms with Crippen LogP contribution in [0.5, 0.6) is 5.75 Å². The molecular formula is C43H56O5. The van der Waals surface area contributed by atoms with Gasteiger partial charge in [-0.3, -0.25) is 0 Å². The number of fused-ring (bicyclic) bond motifs is 8. The first-order chi connectivity index (χ1) is 23.0. The Balaban J connectivity index is 0.974. The Bertz CT molecular complexity index is 1770. The van der Waals surface area contributed by atoms with Gasteiger partial charge in [0.05, 0.1) is 5.39 Å². The molecule has 0 amide bonds. The number of carbonyl (C=O) groups excluding carboxylic acids is 1. The van der Waals surface area contributed by atoms with E-state index in [1.54, 1.807) is 6.07 Å². The number of hydrogen-bond donors (Lipinski definition) is 0. The van der Waals surface area contributed by atoms with Crippen molar-refractivity contribution in [3.8, 4) is 5.75 Å². The zero-order chi connectivity index (χ0) is 33.8. The van der Waals surface area contributed by atoms with Gasteiger partial charge in [0.25, 0.3) is 0 Å². The van der Waals surface area contributed by atoms with Crippen molar-refractivity contribution >= 4 is 27.7 Å². The summed E-state index contributed by atoms with van der Waals surface area (Å²) < 4.78 is 17.7. The first-order valence-electron chi connectivity index (χ1n) is 19.0. The maximum absolute atomic E-state index is 13.1. The molecule has 0 bridgehead atoms. The van der Waals surface area contributed by atoms with E-state index in [2.05, 4.69) is 40.7 Å². The van der Waals surface area contributed by atoms with Crippen LogP contribution >= 0.6 is 0 Å². The second kappa shape index (κ2) is 13.0. The quantitative estimate of drug-likeness (QED) is 0.0996. The molecule has 5 heteroatoms. The number of hydrogen-bond acceptors (Lipinski definition) is 5. The van der Waals surface area contributed by atoms with Crippen molar-refractivity contribution in [2.24, 2.45) is 46.3 Å². The van der Waals surface area contributed by atoms with Crippen LogP contribution in [0.15, 0.2) is 57.3 Å². The molecule has 3 aromatic rings. The normalized spacial score (nSPS) is 32.0. The molecule has 1 aromatic heterocycles. The van der Waals surface area contributed by atoms with Crippen LogP contribution in [-0.4, -0.2) is 18.7 Å². The summed E-state index contributed by atoms with van der Waals surface area (Å²) in [5.41, 5.74) is 3.07. The van der Waals surface area contributed by atoms with Crippen LogP contribution in [0.3, 0.4) is 0 Å². The maximum atomic E-state index is 13.1. The zero-order valence-electron chi connectivity index (χ0n) is 30.1. The van der Waals surface area contributed by atoms with Crippen molar-refractivity contribution in [1.29, 1.82) is 0 Å². The van der Waals surface area contributed by atoms with Crippen LogP contribution in [0.25, 0.3) is 21.7 Å². The van der Waals surface area contributed by atoms with Gasteiger partial charge >= 0.3 is 11.6 Å². The minimum Gasteiger partial charge on any atom is -0.481 e. The van der Waals surface area contributed by atoms with Crippen molar-refractivity contribution in [3.05, 3.63) is 64.0 Å². The van der Waals surface area contributed by atoms with Gasteiger partial charge in [0.15, 0.2) is 6.61 Å². The fourth-order valence-electron chi connectivity index (χ4n) is 11.3. The summed E-state index contributed by atoms with van der Waals surface area (Å²) in [6.45, 7) is 14.2. The average Bonchev–Trinajstić information content (AvgIpc) is 3.42. The molecule has 258 valence electrons. The number of rotatable bonds is 9. The molecule has 2 aromatic carbocycles. The van der Waals surface area contributed by atoms with Gasteiger partial charge < -0.3 is 13.9 Å². The molecule has 0 aliphatic heterocycles. The average molecular weight is 653 g/mol. The van der Waals surface area contributed by atoms with Crippen LogP contribution in [0.1, 0.15) is 111 Å². The van der Waals surface area contributed by atoms with Gasteiger partial charge in [-0.15, -0.1) is 0 Å². The molecule has 3 fully saturated rings. The Morgan fingerprint density at radius 1 is 0.938 bits per heavy atom. The van der Waals surface area contributed by atoms with Gasteiger partial charge in [-0.2, -0.15) is 0 Å². The molecule has 4 aliphatic rings. The molecule has 5 nitrogen and oxygen atoms in total. The van der Waals surface area contributed by atoms with E-state index in [-0.39, 0.29) is 29.7 Å². The Morgan fingerprint density at radius 2 is 1.73 bits per heavy atom. The highest BCUT2D eigenvalue weighted by Gasteiger charge is 2.59. The van der Waals surface area contributed by atoms with Crippen LogP contribution in [0.4, 0.5) is 0 Å². The summed E-state index contributed by atoms with van der Waals surface area (Å²) in [6, 6.07) is 11.2. The van der Waals surface area contributed by atoms with Gasteiger partial charge in [-0.25, -0.2) is 9.59 Å². The van der Waals surface area contributed by atoms with Crippen LogP contribution in [-0.2, 0) is 9.53 Å². The number of esters is 1. The molecule has 3 saturated carbocycles. The molecule has 0 N–H and O–H groups in total. The number of aryl methyl sites for hydroxylation is 1. The van der Waals surface area contributed by atoms with Crippen LogP contribution < -0.4 is 10.4 Å². The highest BCUT2D eigenvalue weighted by Crippen LogP contribution is 2.67. The highest BCUT2D eigenvalue weighted by molar-refractivity contribution is 6.05. The molecule has 0 radical (unpaired) electrons. The second-order valence-electron chi connectivity index (χ2n) is 16.9. The minimum absolute atomic E-state index is 0.101. The lowest BCUT2D eigenvalue weighted by Gasteiger charge is -2.58. The molecule has 7 rings (SSSR count). The fraction of sp³-hybridized carbons (Fsp3) is 0.628. The summed E-state index contributed by atoms with van der Waals surface area (Å²) in [7, 11) is 0. The summed E-state index contributed by atoms with van der Waals surface area (Å²) in [5, 5.41) is 2.26. The Labute approximate surface area is 286 Å². The van der Waals surface area contributed by atoms with Gasteiger partial charge in [-0.1, -0.05) is 83.7 Å². The molecule has 4 aliphatic carbocycles. The molecule has 1 heterocycles. The largest absolute Gasteiger partial charge is 0.481 e. The number of allylic oxidation sites excluding steroid dienone is 1. The Hall–Kier alpha value is -3.08. The van der Waals surface area contributed by atoms with Gasteiger partial charge in [0.1, 0.15) is 17.4 Å². The first-order valence-corrected chi connectivity index (χ1v) is 19.0. The van der Waals surface area contributed by atoms with Gasteiger partial charge in [0, 0.05) is 17.4 Å². The molecular weight excluding hydrogens is 596 g/mol. The number of benzene rings is 2. The number of carbonyl (C=O) groups is 1. The lowest BCUT2D eigenvalue weighted by atomic mass is 9.47. The van der Waals surface area contributed by atoms with Crippen molar-refractivity contribution in [2.45, 2.75) is 118 Å². The van der Waals surface area contributed by atoms with E-state index in [0.29, 0.717) is 27.7 Å². The van der Waals surface area contributed by atoms with E-state index >= 15 is 0 Å². The van der Waals surface area contributed by atoms with Crippen LogP contribution in [0.2, 0.25) is 0 Å². The third kappa shape index (κ3) is 5.81. The first kappa shape index (κ1) is 33.4. The van der Waals surface area contributed by atoms with Crippen molar-refractivity contribution in [2.75, 3.05) is 6.61 Å². The lowest BCUT2D eigenvalue weighted by molar-refractivity contribution is -0.153. The fourth-order valence-corrected chi connectivity index (χ4v) is 11.3. The predicted molar refractivity (Wildman–Crippen MR) is 193 cm³/mol. The van der Waals surface area contributed by atoms with Gasteiger partial charge in [0.2, 0.25) is 0 Å². The van der Waals surface area contributed by atoms with Gasteiger partial charge in [-0.05, 0) is 122 Å². The summed E-state index contributed by atoms with van der Waals surface area (Å²) >= 11 is 0. The van der Waals surface area contributed by atoms with Crippen molar-refractivity contribution in [1.82, 2.24) is 0 Å². The van der Waals surface area contributed by atoms with Crippen molar-refractivity contribution < 1.29 is 18.7 Å². The predicted octanol–water partition coefficient (Wildman–Crippen LogP) is 10.6. The summed E-state index contributed by atoms with van der Waals surface area (Å²) in [4.78, 5) is 25.7. The van der Waals surface area contributed by atoms with E-state index in [4.69, 9.17) is 13.9 Å². The molecule has 0 spiro atoms. The topological polar surface area (TPSA) is 65.7 Å². The standard InChI is InChI=1S/C43H56O5/c1-26(2)10-9-11-27(3)35-17-18-36-34-15-14-29-24-30(20-22-42(29,5)37(34)21-23-43(35,36)6)47-39(44)25-46-38-19-16-32-31-12-7-8-13-33(31)41(45)48-40(32)28(38)4/h7-8,12-14,16,19,26-27,30,34-37H,9-11,15,17-18,20-25H2,1-6H3/t27-,30+,34+,35-,36+,37-,42+,43-/m1/s1. The Kier molecular flexibility index (Phi) is 9.04. The zero-order valence-corrected chi connectivity index (χ0v) is 30.1. The van der Waals surface area contributed by atoms with E-state index in [0.717, 1.165) is 65.5 Å². The monoisotopic (exact) mass is 652 g/mol. The molecule has 0 saturated heterocycles. The van der Waals surface area contributed by atoms with Crippen LogP contribution in [0, 0.1) is 53.3 Å². The maximum Gasteiger partial charge on any atom is 0.344 e. The van der Waals surface area contributed by atoms with E-state index in [1.165, 1.54) is 56.9 Å². The SMILES string of the molecule is Cc1c(OCC(=O)O[C@H]2CC[C@@]3(C)C(=CC[C@@H]4[C@H]3CC[C@]3(C)[C@@H]([C@H](C)CCCC(C)C)CC[C@@H]43)C2)ccc2c1oc(=O)c1ccccc12. The van der Waals surface area contributed by atoms with E-state index in [9.17, 15) is 9.59 Å². The van der Waals surface area contributed by atoms with E-state index < -0.39 is 0 Å². The smallest absolute Gasteiger partial charge is 0.344 e. The molecule has 48 heavy (non-hydrogen) atoms. The third-order valence-electron chi connectivity index (χ3n) is 13.9. The summed E-state index contributed by atoms with van der Waals surface area (Å²) in [6.07, 6.45) is 16.2. The third-order valence-corrected chi connectivity index (χ3v) is 13.9. The minimum atomic E-state index is -0.373. The Morgan fingerprint density at radius 3 is 2.52 bits per heavy atom. The highest BCUT2D eigenvalue weighted by atomic mass is 16.6. The van der Waals surface area contributed by atoms with Crippen molar-refractivity contribution in [3.63, 3.8) is 0 Å². The molecule has 8 atom stereocenters. The number of ether oxygens (including phenoxy) is 2. The van der Waals surface area contributed by atoms with E-state index in [1.807, 2.05) is 37.3 Å².